The molecule has 0 saturated heterocycles. The Morgan fingerprint density at radius 2 is 2.38 bits per heavy atom. The molecule has 1 aromatic rings. The summed E-state index contributed by atoms with van der Waals surface area (Å²) >= 11 is 4.66. The fourth-order valence-electron chi connectivity index (χ4n) is 0.424. The first-order chi connectivity index (χ1) is 3.83. The monoisotopic (exact) mass is 220 g/mol. The fraction of sp³-hybridized carbons (Fsp3) is 0. The standard InChI is InChI=1S/C4H2BrS.ClH.Mg/c5-4-2-1-3-6-4;;/h1-2H;1H;/q;;+1/p-1. The van der Waals surface area contributed by atoms with Crippen molar-refractivity contribution < 1.29 is 0 Å². The Bertz CT molecular complexity index is 176. The molecular weight excluding hydrogens is 220 g/mol. The van der Waals surface area contributed by atoms with Gasteiger partial charge in [0, 0.05) is 0 Å². The van der Waals surface area contributed by atoms with Gasteiger partial charge in [-0.15, -0.1) is 0 Å². The maximum absolute atomic E-state index is 5.67. The van der Waals surface area contributed by atoms with Crippen molar-refractivity contribution in [2.45, 2.75) is 0 Å². The maximum Gasteiger partial charge on any atom is 0.551 e. The van der Waals surface area contributed by atoms with Crippen molar-refractivity contribution in [3.05, 3.63) is 15.9 Å². The van der Waals surface area contributed by atoms with E-state index in [-0.39, 0.29) is 0 Å². The predicted octanol–water partition coefficient (Wildman–Crippen LogP) is 1.99. The van der Waals surface area contributed by atoms with E-state index in [1.807, 2.05) is 6.07 Å². The summed E-state index contributed by atoms with van der Waals surface area (Å²) in [5, 5.41) is 0. The molecule has 1 heterocycles. The summed E-state index contributed by atoms with van der Waals surface area (Å²) < 4.78 is 2.53. The van der Waals surface area contributed by atoms with E-state index < -0.39 is 19.3 Å². The van der Waals surface area contributed by atoms with E-state index in [4.69, 9.17) is 9.07 Å². The van der Waals surface area contributed by atoms with E-state index in [9.17, 15) is 0 Å². The predicted molar refractivity (Wildman–Crippen MR) is 43.3 cm³/mol. The highest BCUT2D eigenvalue weighted by atomic mass is 79.9. The summed E-state index contributed by atoms with van der Waals surface area (Å²) in [6.45, 7) is 0. The van der Waals surface area contributed by atoms with Crippen molar-refractivity contribution in [1.82, 2.24) is 0 Å². The third kappa shape index (κ3) is 1.88. The second-order valence-electron chi connectivity index (χ2n) is 1.34. The Morgan fingerprint density at radius 3 is 2.62 bits per heavy atom. The second kappa shape index (κ2) is 3.42. The minimum Gasteiger partial charge on any atom is -0.334 e. The molecule has 0 atom stereocenters. The second-order valence-corrected chi connectivity index (χ2v) is 6.23. The number of thiophene rings is 1. The van der Waals surface area contributed by atoms with Crippen LogP contribution in [-0.2, 0) is 0 Å². The van der Waals surface area contributed by atoms with Crippen molar-refractivity contribution in [2.24, 2.45) is 0 Å². The first-order valence-electron chi connectivity index (χ1n) is 2.13. The molecular formula is C4H2BrClMgS. The number of rotatable bonds is 1. The van der Waals surface area contributed by atoms with E-state index in [2.05, 4.69) is 22.0 Å². The molecule has 4 heteroatoms. The van der Waals surface area contributed by atoms with Gasteiger partial charge in [0.05, 0.1) is 3.79 Å². The van der Waals surface area contributed by atoms with Crippen LogP contribution in [0.1, 0.15) is 0 Å². The summed E-state index contributed by atoms with van der Waals surface area (Å²) in [6.07, 6.45) is 0. The van der Waals surface area contributed by atoms with Gasteiger partial charge < -0.3 is 9.07 Å². The van der Waals surface area contributed by atoms with Gasteiger partial charge in [-0.25, -0.2) is 0 Å². The van der Waals surface area contributed by atoms with Crippen LogP contribution < -0.4 is 3.01 Å². The molecule has 40 valence electrons. The molecule has 1 aromatic heterocycles. The smallest absolute Gasteiger partial charge is 0.334 e. The number of hydrogen-bond donors (Lipinski definition) is 0. The molecule has 0 aliphatic rings. The molecule has 0 aliphatic carbocycles. The van der Waals surface area contributed by atoms with Gasteiger partial charge in [0.25, 0.3) is 0 Å². The topological polar surface area (TPSA) is 0 Å². The summed E-state index contributed by atoms with van der Waals surface area (Å²) in [4.78, 5) is 0. The third-order valence-corrected chi connectivity index (χ3v) is 4.94. The van der Waals surface area contributed by atoms with Crippen molar-refractivity contribution >= 4 is 58.6 Å². The number of hydrogen-bond acceptors (Lipinski definition) is 1. The van der Waals surface area contributed by atoms with Crippen LogP contribution in [0.5, 0.6) is 0 Å². The van der Waals surface area contributed by atoms with E-state index in [0.29, 0.717) is 0 Å². The van der Waals surface area contributed by atoms with E-state index in [1.54, 1.807) is 11.3 Å². The lowest BCUT2D eigenvalue weighted by Crippen LogP contribution is -1.99. The van der Waals surface area contributed by atoms with E-state index >= 15 is 0 Å². The van der Waals surface area contributed by atoms with Crippen LogP contribution in [0.2, 0.25) is 0 Å². The number of halogens is 2. The first-order valence-corrected chi connectivity index (χ1v) is 6.58. The zero-order chi connectivity index (χ0) is 5.98. The molecule has 0 nitrogen and oxygen atoms in total. The summed E-state index contributed by atoms with van der Waals surface area (Å²) in [6, 6.07) is 4.11. The fourth-order valence-corrected chi connectivity index (χ4v) is 3.99. The molecule has 0 bridgehead atoms. The average molecular weight is 222 g/mol. The highest BCUT2D eigenvalue weighted by molar-refractivity contribution is 9.11. The minimum atomic E-state index is -0.427. The van der Waals surface area contributed by atoms with Gasteiger partial charge in [0.15, 0.2) is 0 Å². The van der Waals surface area contributed by atoms with Crippen LogP contribution in [0, 0.1) is 0 Å². The molecule has 0 fully saturated rings. The largest absolute Gasteiger partial charge is 0.551 e. The highest BCUT2D eigenvalue weighted by Crippen LogP contribution is 2.13. The molecule has 0 unspecified atom stereocenters. The van der Waals surface area contributed by atoms with E-state index in [0.717, 1.165) is 0 Å². The van der Waals surface area contributed by atoms with Crippen LogP contribution in [0.25, 0.3) is 0 Å². The third-order valence-electron chi connectivity index (χ3n) is 0.761. The van der Waals surface area contributed by atoms with Crippen LogP contribution in [-0.4, -0.2) is 19.3 Å². The van der Waals surface area contributed by atoms with Crippen molar-refractivity contribution in [3.8, 4) is 0 Å². The van der Waals surface area contributed by atoms with Crippen molar-refractivity contribution in [1.29, 1.82) is 0 Å². The van der Waals surface area contributed by atoms with E-state index in [1.165, 1.54) is 6.79 Å². The lowest BCUT2D eigenvalue weighted by molar-refractivity contribution is 2.00. The molecule has 1 rings (SSSR count). The van der Waals surface area contributed by atoms with Crippen molar-refractivity contribution in [2.75, 3.05) is 0 Å². The summed E-state index contributed by atoms with van der Waals surface area (Å²) in [5.41, 5.74) is 0. The molecule has 0 spiro atoms. The normalized spacial score (nSPS) is 8.75. The van der Waals surface area contributed by atoms with Gasteiger partial charge in [-0.2, -0.15) is 11.3 Å². The van der Waals surface area contributed by atoms with Gasteiger partial charge in [0.2, 0.25) is 0 Å². The SMILES string of the molecule is [Cl][Mg][c]1ccc(Br)s1. The van der Waals surface area contributed by atoms with Gasteiger partial charge in [-0.3, -0.25) is 0 Å². The Hall–Kier alpha value is 1.24. The minimum absolute atomic E-state index is 0.427. The Balaban J connectivity index is 2.84. The van der Waals surface area contributed by atoms with Crippen LogP contribution in [0.15, 0.2) is 15.9 Å². The quantitative estimate of drug-likeness (QED) is 0.637. The highest BCUT2D eigenvalue weighted by Gasteiger charge is 1.97. The van der Waals surface area contributed by atoms with Crippen molar-refractivity contribution in [3.63, 3.8) is 0 Å². The molecule has 0 aliphatic heterocycles. The molecule has 0 N–H and O–H groups in total. The molecule has 8 heavy (non-hydrogen) atoms. The zero-order valence-electron chi connectivity index (χ0n) is 4.03. The zero-order valence-corrected chi connectivity index (χ0v) is 8.60. The Morgan fingerprint density at radius 1 is 1.62 bits per heavy atom. The first kappa shape index (κ1) is 7.34. The molecule has 0 saturated carbocycles. The van der Waals surface area contributed by atoms with Gasteiger partial charge >= 0.3 is 19.3 Å². The van der Waals surface area contributed by atoms with Crippen LogP contribution in [0.3, 0.4) is 0 Å². The van der Waals surface area contributed by atoms with Gasteiger partial charge in [-0.1, -0.05) is 9.07 Å². The Labute approximate surface area is 73.9 Å². The Kier molecular flexibility index (Phi) is 3.14. The van der Waals surface area contributed by atoms with Gasteiger partial charge in [0.1, 0.15) is 0 Å². The molecule has 0 aromatic carbocycles. The van der Waals surface area contributed by atoms with Crippen LogP contribution in [0.4, 0.5) is 0 Å². The van der Waals surface area contributed by atoms with Crippen LogP contribution >= 0.6 is 36.3 Å². The molecule has 0 amide bonds. The summed E-state index contributed by atoms with van der Waals surface area (Å²) in [7, 11) is 5.67. The lowest BCUT2D eigenvalue weighted by Gasteiger charge is -1.75. The summed E-state index contributed by atoms with van der Waals surface area (Å²) in [5.74, 6) is 0. The van der Waals surface area contributed by atoms with Gasteiger partial charge in [-0.05, 0) is 22.0 Å². The molecule has 0 radical (unpaired) electrons. The average Bonchev–Trinajstić information content (AvgIpc) is 2.14. The maximum atomic E-state index is 5.67. The lowest BCUT2D eigenvalue weighted by atomic mass is 10.7.